The van der Waals surface area contributed by atoms with Crippen LogP contribution >= 0.6 is 11.6 Å². The molecular weight excluding hydrogens is 295 g/mol. The second-order valence-corrected chi connectivity index (χ2v) is 4.18. The molecule has 0 saturated carbocycles. The van der Waals surface area contributed by atoms with Gasteiger partial charge in [-0.25, -0.2) is 4.98 Å². The van der Waals surface area contributed by atoms with E-state index >= 15 is 0 Å². The van der Waals surface area contributed by atoms with Gasteiger partial charge in [-0.1, -0.05) is 11.6 Å². The molecule has 4 nitrogen and oxygen atoms in total. The molecule has 8 heteroatoms. The third-order valence-corrected chi connectivity index (χ3v) is 2.51. The molecule has 2 heterocycles. The van der Waals surface area contributed by atoms with E-state index in [2.05, 4.69) is 15.3 Å². The molecule has 2 aromatic heterocycles. The molecule has 1 amide bonds. The molecule has 2 rings (SSSR count). The third-order valence-electron chi connectivity index (χ3n) is 2.28. The number of carbonyl (C=O) groups excluding carboxylic acids is 1. The molecule has 0 aromatic carbocycles. The number of carbonyl (C=O) groups is 1. The Bertz CT molecular complexity index is 629. The van der Waals surface area contributed by atoms with Gasteiger partial charge in [-0.2, -0.15) is 13.2 Å². The van der Waals surface area contributed by atoms with Crippen LogP contribution in [0.25, 0.3) is 0 Å². The topological polar surface area (TPSA) is 54.9 Å². The maximum absolute atomic E-state index is 12.3. The van der Waals surface area contributed by atoms with Gasteiger partial charge in [0.25, 0.3) is 5.91 Å². The smallest absolute Gasteiger partial charge is 0.306 e. The minimum atomic E-state index is -4.54. The van der Waals surface area contributed by atoms with Crippen molar-refractivity contribution in [1.82, 2.24) is 9.97 Å². The predicted octanol–water partition coefficient (Wildman–Crippen LogP) is 3.40. The molecule has 20 heavy (non-hydrogen) atoms. The largest absolute Gasteiger partial charge is 0.433 e. The second-order valence-electron chi connectivity index (χ2n) is 3.74. The van der Waals surface area contributed by atoms with Crippen molar-refractivity contribution in [2.45, 2.75) is 6.18 Å². The Morgan fingerprint density at radius 2 is 1.95 bits per heavy atom. The van der Waals surface area contributed by atoms with Crippen LogP contribution < -0.4 is 5.32 Å². The van der Waals surface area contributed by atoms with Gasteiger partial charge in [0, 0.05) is 17.4 Å². The molecule has 0 fully saturated rings. The predicted molar refractivity (Wildman–Crippen MR) is 66.4 cm³/mol. The van der Waals surface area contributed by atoms with Crippen molar-refractivity contribution in [2.75, 3.05) is 5.32 Å². The number of hydrogen-bond donors (Lipinski definition) is 1. The zero-order valence-electron chi connectivity index (χ0n) is 9.78. The summed E-state index contributed by atoms with van der Waals surface area (Å²) >= 11 is 5.72. The SMILES string of the molecule is O=C(Nc1cc(Cl)ccn1)c1ccc(C(F)(F)F)nc1. The number of rotatable bonds is 2. The van der Waals surface area contributed by atoms with Crippen LogP contribution in [0.3, 0.4) is 0 Å². The fraction of sp³-hybridized carbons (Fsp3) is 0.0833. The summed E-state index contributed by atoms with van der Waals surface area (Å²) in [6.07, 6.45) is -2.30. The van der Waals surface area contributed by atoms with Crippen LogP contribution in [0, 0.1) is 0 Å². The van der Waals surface area contributed by atoms with Gasteiger partial charge < -0.3 is 5.32 Å². The highest BCUT2D eigenvalue weighted by atomic mass is 35.5. The molecule has 0 spiro atoms. The van der Waals surface area contributed by atoms with Crippen LogP contribution in [0.5, 0.6) is 0 Å². The molecule has 0 saturated heterocycles. The number of pyridine rings is 2. The van der Waals surface area contributed by atoms with Crippen molar-refractivity contribution in [3.8, 4) is 0 Å². The fourth-order valence-electron chi connectivity index (χ4n) is 1.36. The summed E-state index contributed by atoms with van der Waals surface area (Å²) in [6.45, 7) is 0. The molecule has 0 aliphatic heterocycles. The zero-order valence-corrected chi connectivity index (χ0v) is 10.5. The zero-order chi connectivity index (χ0) is 14.8. The van der Waals surface area contributed by atoms with Gasteiger partial charge in [0.05, 0.1) is 5.56 Å². The van der Waals surface area contributed by atoms with E-state index in [1.807, 2.05) is 0 Å². The van der Waals surface area contributed by atoms with Crippen molar-refractivity contribution in [1.29, 1.82) is 0 Å². The van der Waals surface area contributed by atoms with E-state index in [1.54, 1.807) is 0 Å². The first-order chi connectivity index (χ1) is 9.36. The average Bonchev–Trinajstić information content (AvgIpc) is 2.38. The van der Waals surface area contributed by atoms with E-state index in [1.165, 1.54) is 18.3 Å². The Kier molecular flexibility index (Phi) is 3.89. The quantitative estimate of drug-likeness (QED) is 0.925. The van der Waals surface area contributed by atoms with E-state index in [0.29, 0.717) is 5.02 Å². The number of nitrogens with one attached hydrogen (secondary N) is 1. The van der Waals surface area contributed by atoms with Gasteiger partial charge in [-0.05, 0) is 24.3 Å². The minimum absolute atomic E-state index is 0.0141. The first-order valence-corrected chi connectivity index (χ1v) is 5.70. The average molecular weight is 302 g/mol. The highest BCUT2D eigenvalue weighted by molar-refractivity contribution is 6.30. The van der Waals surface area contributed by atoms with Gasteiger partial charge in [-0.3, -0.25) is 9.78 Å². The van der Waals surface area contributed by atoms with Crippen LogP contribution in [0.1, 0.15) is 16.1 Å². The maximum Gasteiger partial charge on any atom is 0.433 e. The van der Waals surface area contributed by atoms with Crippen LogP contribution in [-0.2, 0) is 6.18 Å². The first-order valence-electron chi connectivity index (χ1n) is 5.32. The van der Waals surface area contributed by atoms with E-state index in [0.717, 1.165) is 18.3 Å². The summed E-state index contributed by atoms with van der Waals surface area (Å²) in [5.41, 5.74) is -1.07. The third kappa shape index (κ3) is 3.45. The van der Waals surface area contributed by atoms with Crippen molar-refractivity contribution in [3.05, 3.63) is 52.9 Å². The molecule has 0 bridgehead atoms. The Balaban J connectivity index is 2.14. The Morgan fingerprint density at radius 1 is 1.20 bits per heavy atom. The number of amides is 1. The summed E-state index contributed by atoms with van der Waals surface area (Å²) in [7, 11) is 0. The number of aromatic nitrogens is 2. The number of alkyl halides is 3. The molecule has 0 aliphatic carbocycles. The fourth-order valence-corrected chi connectivity index (χ4v) is 1.52. The maximum atomic E-state index is 12.3. The van der Waals surface area contributed by atoms with E-state index in [4.69, 9.17) is 11.6 Å². The molecule has 0 radical (unpaired) electrons. The highest BCUT2D eigenvalue weighted by Gasteiger charge is 2.32. The lowest BCUT2D eigenvalue weighted by Gasteiger charge is -2.07. The van der Waals surface area contributed by atoms with Crippen LogP contribution in [0.2, 0.25) is 5.02 Å². The highest BCUT2D eigenvalue weighted by Crippen LogP contribution is 2.27. The monoisotopic (exact) mass is 301 g/mol. The summed E-state index contributed by atoms with van der Waals surface area (Å²) in [5, 5.41) is 2.78. The Morgan fingerprint density at radius 3 is 2.50 bits per heavy atom. The van der Waals surface area contributed by atoms with Gasteiger partial charge in [0.1, 0.15) is 11.5 Å². The van der Waals surface area contributed by atoms with Gasteiger partial charge >= 0.3 is 6.18 Å². The Labute approximate surface area is 116 Å². The lowest BCUT2D eigenvalue weighted by molar-refractivity contribution is -0.141. The summed E-state index contributed by atoms with van der Waals surface area (Å²) in [5.74, 6) is -0.427. The molecule has 0 aliphatic rings. The summed E-state index contributed by atoms with van der Waals surface area (Å²) in [6, 6.07) is 4.71. The van der Waals surface area contributed by atoms with Crippen LogP contribution in [-0.4, -0.2) is 15.9 Å². The Hall–Kier alpha value is -2.15. The molecule has 104 valence electrons. The summed E-state index contributed by atoms with van der Waals surface area (Å²) in [4.78, 5) is 18.8. The van der Waals surface area contributed by atoms with Gasteiger partial charge in [0.15, 0.2) is 0 Å². The lowest BCUT2D eigenvalue weighted by atomic mass is 10.2. The van der Waals surface area contributed by atoms with E-state index < -0.39 is 17.8 Å². The van der Waals surface area contributed by atoms with Crippen LogP contribution in [0.4, 0.5) is 19.0 Å². The number of anilines is 1. The number of nitrogens with zero attached hydrogens (tertiary/aromatic N) is 2. The van der Waals surface area contributed by atoms with Crippen molar-refractivity contribution in [3.63, 3.8) is 0 Å². The van der Waals surface area contributed by atoms with E-state index in [-0.39, 0.29) is 11.4 Å². The minimum Gasteiger partial charge on any atom is -0.306 e. The van der Waals surface area contributed by atoms with Crippen molar-refractivity contribution in [2.24, 2.45) is 0 Å². The lowest BCUT2D eigenvalue weighted by Crippen LogP contribution is -2.14. The molecular formula is C12H7ClF3N3O. The van der Waals surface area contributed by atoms with Crippen molar-refractivity contribution >= 4 is 23.3 Å². The molecule has 1 N–H and O–H groups in total. The van der Waals surface area contributed by atoms with E-state index in [9.17, 15) is 18.0 Å². The second kappa shape index (κ2) is 5.46. The normalized spacial score (nSPS) is 11.2. The molecule has 0 atom stereocenters. The summed E-state index contributed by atoms with van der Waals surface area (Å²) < 4.78 is 37.0. The number of hydrogen-bond acceptors (Lipinski definition) is 3. The van der Waals surface area contributed by atoms with Gasteiger partial charge in [0.2, 0.25) is 0 Å². The molecule has 0 unspecified atom stereocenters. The molecule has 2 aromatic rings. The first kappa shape index (κ1) is 14.3. The number of halogens is 4. The van der Waals surface area contributed by atoms with Crippen molar-refractivity contribution < 1.29 is 18.0 Å². The standard InChI is InChI=1S/C12H7ClF3N3O/c13-8-3-4-17-10(5-8)19-11(20)7-1-2-9(18-6-7)12(14,15)16/h1-6H,(H,17,19,20). The van der Waals surface area contributed by atoms with Crippen LogP contribution in [0.15, 0.2) is 36.7 Å². The van der Waals surface area contributed by atoms with Gasteiger partial charge in [-0.15, -0.1) is 0 Å².